The van der Waals surface area contributed by atoms with Crippen molar-refractivity contribution >= 4 is 39.6 Å². The second-order valence-electron chi connectivity index (χ2n) is 11.6. The number of hydrogen-bond acceptors (Lipinski definition) is 7. The number of carbonyl (C=O) groups is 2. The first kappa shape index (κ1) is 23.1. The van der Waals surface area contributed by atoms with E-state index >= 15 is 0 Å². The quantitative estimate of drug-likeness (QED) is 0.388. The summed E-state index contributed by atoms with van der Waals surface area (Å²) in [5, 5.41) is 29.7. The first-order valence-electron chi connectivity index (χ1n) is 13.4. The predicted octanol–water partition coefficient (Wildman–Crippen LogP) is 1.10. The molecule has 4 aliphatic carbocycles. The van der Waals surface area contributed by atoms with Crippen molar-refractivity contribution in [2.45, 2.75) is 43.7 Å². The van der Waals surface area contributed by atoms with Crippen LogP contribution in [0.15, 0.2) is 18.5 Å². The van der Waals surface area contributed by atoms with E-state index in [-0.39, 0.29) is 12.6 Å². The van der Waals surface area contributed by atoms with Crippen molar-refractivity contribution in [2.24, 2.45) is 17.8 Å². The van der Waals surface area contributed by atoms with E-state index in [1.54, 1.807) is 11.1 Å². The molecule has 4 N–H and O–H groups in total. The summed E-state index contributed by atoms with van der Waals surface area (Å²) in [5.74, 6) is 0.331. The molecule has 5 aliphatic rings. The fourth-order valence-corrected chi connectivity index (χ4v) is 7.91. The number of piperazine rings is 1. The fraction of sp³-hybridized carbons (Fsp3) is 0.615. The minimum atomic E-state index is -0.698. The summed E-state index contributed by atoms with van der Waals surface area (Å²) in [6, 6.07) is 2.12. The van der Waals surface area contributed by atoms with Crippen molar-refractivity contribution in [3.8, 4) is 0 Å². The van der Waals surface area contributed by atoms with Crippen LogP contribution in [0.25, 0.3) is 21.9 Å². The summed E-state index contributed by atoms with van der Waals surface area (Å²) in [4.78, 5) is 37.4. The van der Waals surface area contributed by atoms with Gasteiger partial charge in [-0.25, -0.2) is 4.98 Å². The largest absolute Gasteiger partial charge is 0.395 e. The lowest BCUT2D eigenvalue weighted by Crippen LogP contribution is -2.55. The van der Waals surface area contributed by atoms with E-state index in [1.807, 2.05) is 12.3 Å². The Labute approximate surface area is 213 Å². The van der Waals surface area contributed by atoms with Crippen LogP contribution in [0, 0.1) is 17.8 Å². The molecular formula is C26H33N7O4. The highest BCUT2D eigenvalue weighted by molar-refractivity contribution is 6.40. The number of fused-ring (bicyclic) bond motifs is 3. The third-order valence-corrected chi connectivity index (χ3v) is 9.23. The van der Waals surface area contributed by atoms with E-state index in [2.05, 4.69) is 24.9 Å². The minimum absolute atomic E-state index is 0.0786. The normalized spacial score (nSPS) is 31.5. The van der Waals surface area contributed by atoms with Gasteiger partial charge in [0.1, 0.15) is 5.65 Å². The molecule has 37 heavy (non-hydrogen) atoms. The van der Waals surface area contributed by atoms with Gasteiger partial charge in [-0.05, 0) is 55.9 Å². The maximum absolute atomic E-state index is 13.1. The lowest BCUT2D eigenvalue weighted by atomic mass is 9.52. The highest BCUT2D eigenvalue weighted by atomic mass is 16.3. The average Bonchev–Trinajstić information content (AvgIpc) is 3.48. The van der Waals surface area contributed by atoms with Gasteiger partial charge in [-0.1, -0.05) is 0 Å². The molecule has 11 heteroatoms. The maximum atomic E-state index is 13.1. The van der Waals surface area contributed by atoms with E-state index in [9.17, 15) is 14.7 Å². The Morgan fingerprint density at radius 1 is 1.11 bits per heavy atom. The van der Waals surface area contributed by atoms with Crippen LogP contribution in [0.4, 0.5) is 5.82 Å². The van der Waals surface area contributed by atoms with E-state index in [1.165, 1.54) is 0 Å². The number of hydrogen-bond donors (Lipinski definition) is 4. The van der Waals surface area contributed by atoms with Crippen LogP contribution in [-0.2, 0) is 9.59 Å². The zero-order valence-corrected chi connectivity index (χ0v) is 20.8. The number of pyridine rings is 1. The van der Waals surface area contributed by atoms with Crippen LogP contribution in [0.3, 0.4) is 0 Å². The molecule has 4 saturated carbocycles. The Bertz CT molecular complexity index is 1360. The van der Waals surface area contributed by atoms with Crippen LogP contribution in [0.1, 0.15) is 38.1 Å². The second kappa shape index (κ2) is 8.50. The molecule has 8 rings (SSSR count). The smallest absolute Gasteiger partial charge is 0.315 e. The summed E-state index contributed by atoms with van der Waals surface area (Å²) in [5.41, 5.74) is 1.12. The van der Waals surface area contributed by atoms with Gasteiger partial charge in [-0.15, -0.1) is 0 Å². The number of amides is 2. The lowest BCUT2D eigenvalue weighted by Gasteiger charge is -2.57. The highest BCUT2D eigenvalue weighted by Crippen LogP contribution is 2.60. The number of anilines is 1. The van der Waals surface area contributed by atoms with Crippen LogP contribution >= 0.6 is 0 Å². The second-order valence-corrected chi connectivity index (χ2v) is 11.6. The number of rotatable bonds is 4. The predicted molar refractivity (Wildman–Crippen MR) is 136 cm³/mol. The minimum Gasteiger partial charge on any atom is -0.395 e. The van der Waals surface area contributed by atoms with Gasteiger partial charge in [-0.2, -0.15) is 5.10 Å². The fourth-order valence-electron chi connectivity index (χ4n) is 7.91. The highest BCUT2D eigenvalue weighted by Gasteiger charge is 2.56. The molecule has 0 aromatic carbocycles. The summed E-state index contributed by atoms with van der Waals surface area (Å²) < 4.78 is 2.07. The van der Waals surface area contributed by atoms with Gasteiger partial charge in [0.05, 0.1) is 29.2 Å². The number of nitrogens with zero attached hydrogens (tertiary/aromatic N) is 5. The third-order valence-electron chi connectivity index (χ3n) is 9.23. The van der Waals surface area contributed by atoms with Crippen LogP contribution < -0.4 is 5.32 Å². The van der Waals surface area contributed by atoms with Gasteiger partial charge >= 0.3 is 11.8 Å². The number of β-amino-alcohol motifs (C(OH)–C–C–N with tert-alkyl or cyclic N) is 1. The Morgan fingerprint density at radius 2 is 1.86 bits per heavy atom. The Hall–Kier alpha value is -3.02. The lowest BCUT2D eigenvalue weighted by molar-refractivity contribution is -0.148. The summed E-state index contributed by atoms with van der Waals surface area (Å²) >= 11 is 0. The van der Waals surface area contributed by atoms with Crippen LogP contribution in [0.5, 0.6) is 0 Å². The molecule has 0 spiro atoms. The molecule has 196 valence electrons. The standard InChI is InChI=1S/C26H33N7O4/c34-8-7-31-3-5-32(6-4-31)25(36)24(35)29-23-19-14-28-22-18(1-2-27-22)21(19)33(30-23)20-16-9-15-10-17(20)13-26(37,11-15)12-16/h1-2,14-17,20,34,37H,3-13H2,(H,27,28)(H,29,30,35)/t15?,16-,17+,20+,26-. The van der Waals surface area contributed by atoms with Gasteiger partial charge < -0.3 is 25.4 Å². The van der Waals surface area contributed by atoms with Crippen LogP contribution in [0.2, 0.25) is 0 Å². The molecule has 5 atom stereocenters. The maximum Gasteiger partial charge on any atom is 0.315 e. The number of aliphatic hydroxyl groups is 2. The number of aromatic nitrogens is 4. The monoisotopic (exact) mass is 507 g/mol. The molecule has 2 amide bonds. The topological polar surface area (TPSA) is 140 Å². The molecule has 5 fully saturated rings. The van der Waals surface area contributed by atoms with Gasteiger partial charge in [0.15, 0.2) is 5.82 Å². The molecular weight excluding hydrogens is 474 g/mol. The van der Waals surface area contributed by atoms with Crippen molar-refractivity contribution in [3.63, 3.8) is 0 Å². The SMILES string of the molecule is O=C(Nc1nn([C@H]2[C@@H]3CC4C[C@H]2C[C@@](O)(C4)C3)c2c1cnc1[nH]ccc12)C(=O)N1CCN(CCO)CC1. The zero-order chi connectivity index (χ0) is 25.3. The van der Waals surface area contributed by atoms with Gasteiger partial charge in [0.2, 0.25) is 0 Å². The first-order valence-corrected chi connectivity index (χ1v) is 13.4. The zero-order valence-electron chi connectivity index (χ0n) is 20.8. The van der Waals surface area contributed by atoms with E-state index < -0.39 is 17.4 Å². The Balaban J connectivity index is 1.21. The summed E-state index contributed by atoms with van der Waals surface area (Å²) in [7, 11) is 0. The number of carbonyl (C=O) groups excluding carboxylic acids is 2. The van der Waals surface area contributed by atoms with Crippen LogP contribution in [-0.4, -0.2) is 96.5 Å². The molecule has 4 heterocycles. The summed E-state index contributed by atoms with van der Waals surface area (Å²) in [6.07, 6.45) is 8.24. The molecule has 11 nitrogen and oxygen atoms in total. The van der Waals surface area contributed by atoms with Gasteiger partial charge in [-0.3, -0.25) is 19.2 Å². The Kier molecular flexibility index (Phi) is 5.31. The van der Waals surface area contributed by atoms with Crippen molar-refractivity contribution in [3.05, 3.63) is 18.5 Å². The van der Waals surface area contributed by atoms with Crippen molar-refractivity contribution in [2.75, 3.05) is 44.6 Å². The molecule has 1 saturated heterocycles. The molecule has 3 aromatic heterocycles. The molecule has 1 unspecified atom stereocenters. The number of nitrogens with one attached hydrogen (secondary N) is 2. The number of H-pyrrole nitrogens is 1. The Morgan fingerprint density at radius 3 is 2.57 bits per heavy atom. The van der Waals surface area contributed by atoms with Crippen molar-refractivity contribution in [1.29, 1.82) is 0 Å². The third kappa shape index (κ3) is 3.74. The van der Waals surface area contributed by atoms with E-state index in [4.69, 9.17) is 10.2 Å². The van der Waals surface area contributed by atoms with Gasteiger partial charge in [0.25, 0.3) is 0 Å². The molecule has 4 bridgehead atoms. The molecule has 0 radical (unpaired) electrons. The molecule has 1 aliphatic heterocycles. The van der Waals surface area contributed by atoms with Gasteiger partial charge in [0, 0.05) is 50.5 Å². The number of aliphatic hydroxyl groups excluding tert-OH is 1. The average molecular weight is 508 g/mol. The van der Waals surface area contributed by atoms with Crippen molar-refractivity contribution < 1.29 is 19.8 Å². The first-order chi connectivity index (χ1) is 17.9. The number of aromatic amines is 1. The van der Waals surface area contributed by atoms with E-state index in [0.29, 0.717) is 61.7 Å². The summed E-state index contributed by atoms with van der Waals surface area (Å²) in [6.45, 7) is 2.80. The molecule has 3 aromatic rings. The van der Waals surface area contributed by atoms with E-state index in [0.717, 1.165) is 48.7 Å². The van der Waals surface area contributed by atoms with Crippen molar-refractivity contribution in [1.82, 2.24) is 29.5 Å².